The Morgan fingerprint density at radius 2 is 1.81 bits per heavy atom. The van der Waals surface area contributed by atoms with Crippen LogP contribution < -0.4 is 5.56 Å². The number of benzene rings is 2. The smallest absolute Gasteiger partial charge is 0.263 e. The second-order valence-electron chi connectivity index (χ2n) is 5.94. The van der Waals surface area contributed by atoms with Crippen LogP contribution in [0.4, 0.5) is 4.39 Å². The maximum atomic E-state index is 13.2. The molecule has 0 unspecified atom stereocenters. The molecule has 0 atom stereocenters. The first-order chi connectivity index (χ1) is 13.0. The van der Waals surface area contributed by atoms with Gasteiger partial charge in [-0.05, 0) is 29.8 Å². The standard InChI is InChI=1S/C20H12BrFN2O2S/c21-14-5-1-13(2-6-14)17(25)9-24-11-23-19-18(20(24)26)16(10-27-19)12-3-7-15(22)8-4-12/h1-8,10-11H,9H2. The van der Waals surface area contributed by atoms with Crippen LogP contribution in [0.5, 0.6) is 0 Å². The molecule has 0 bridgehead atoms. The summed E-state index contributed by atoms with van der Waals surface area (Å²) in [5.41, 5.74) is 1.66. The monoisotopic (exact) mass is 442 g/mol. The van der Waals surface area contributed by atoms with Crippen molar-refractivity contribution in [2.75, 3.05) is 0 Å². The Balaban J connectivity index is 1.74. The highest BCUT2D eigenvalue weighted by molar-refractivity contribution is 9.10. The Labute approximate surface area is 166 Å². The Morgan fingerprint density at radius 1 is 1.11 bits per heavy atom. The minimum atomic E-state index is -0.339. The number of fused-ring (bicyclic) bond motifs is 1. The van der Waals surface area contributed by atoms with Crippen LogP contribution in [-0.4, -0.2) is 15.3 Å². The molecule has 0 radical (unpaired) electrons. The van der Waals surface area contributed by atoms with Crippen LogP contribution in [0.2, 0.25) is 0 Å². The van der Waals surface area contributed by atoms with Gasteiger partial charge in [-0.1, -0.05) is 40.2 Å². The molecule has 2 heterocycles. The highest BCUT2D eigenvalue weighted by atomic mass is 79.9. The molecule has 0 saturated carbocycles. The molecule has 27 heavy (non-hydrogen) atoms. The average molecular weight is 443 g/mol. The topological polar surface area (TPSA) is 52.0 Å². The van der Waals surface area contributed by atoms with Crippen molar-refractivity contribution in [1.82, 2.24) is 9.55 Å². The molecule has 0 aliphatic carbocycles. The largest absolute Gasteiger partial charge is 0.292 e. The molecule has 0 amide bonds. The fourth-order valence-corrected chi connectivity index (χ4v) is 3.97. The van der Waals surface area contributed by atoms with E-state index in [1.807, 2.05) is 5.38 Å². The maximum Gasteiger partial charge on any atom is 0.263 e. The number of carbonyl (C=O) groups is 1. The summed E-state index contributed by atoms with van der Waals surface area (Å²) >= 11 is 4.68. The van der Waals surface area contributed by atoms with Gasteiger partial charge in [-0.2, -0.15) is 0 Å². The van der Waals surface area contributed by atoms with Crippen LogP contribution in [0.1, 0.15) is 10.4 Å². The molecular weight excluding hydrogens is 431 g/mol. The third-order valence-electron chi connectivity index (χ3n) is 4.20. The van der Waals surface area contributed by atoms with E-state index in [1.54, 1.807) is 36.4 Å². The van der Waals surface area contributed by atoms with Crippen molar-refractivity contribution in [2.45, 2.75) is 6.54 Å². The van der Waals surface area contributed by atoms with Crippen molar-refractivity contribution in [3.63, 3.8) is 0 Å². The summed E-state index contributed by atoms with van der Waals surface area (Å²) in [7, 11) is 0. The maximum absolute atomic E-state index is 13.2. The second-order valence-corrected chi connectivity index (χ2v) is 7.72. The summed E-state index contributed by atoms with van der Waals surface area (Å²) < 4.78 is 15.4. The Kier molecular flexibility index (Phi) is 4.72. The van der Waals surface area contributed by atoms with Crippen molar-refractivity contribution >= 4 is 43.3 Å². The van der Waals surface area contributed by atoms with Crippen LogP contribution >= 0.6 is 27.3 Å². The van der Waals surface area contributed by atoms with Crippen molar-refractivity contribution in [3.8, 4) is 11.1 Å². The van der Waals surface area contributed by atoms with Crippen LogP contribution in [0.15, 0.2) is 69.5 Å². The van der Waals surface area contributed by atoms with E-state index in [9.17, 15) is 14.0 Å². The van der Waals surface area contributed by atoms with Gasteiger partial charge in [0, 0.05) is 21.0 Å². The number of rotatable bonds is 4. The van der Waals surface area contributed by atoms with Gasteiger partial charge in [-0.3, -0.25) is 14.2 Å². The van der Waals surface area contributed by atoms with Gasteiger partial charge >= 0.3 is 0 Å². The van der Waals surface area contributed by atoms with Crippen molar-refractivity contribution in [1.29, 1.82) is 0 Å². The summed E-state index contributed by atoms with van der Waals surface area (Å²) in [6.07, 6.45) is 1.40. The van der Waals surface area contributed by atoms with Crippen molar-refractivity contribution < 1.29 is 9.18 Å². The van der Waals surface area contributed by atoms with Crippen LogP contribution in [0.25, 0.3) is 21.3 Å². The first-order valence-corrected chi connectivity index (χ1v) is 9.71. The van der Waals surface area contributed by atoms with Gasteiger partial charge in [0.05, 0.1) is 18.3 Å². The molecular formula is C20H12BrFN2O2S. The van der Waals surface area contributed by atoms with Gasteiger partial charge in [0.1, 0.15) is 10.6 Å². The number of Topliss-reactive ketones (excluding diaryl/α,β-unsaturated/α-hetero) is 1. The molecule has 0 fully saturated rings. The second kappa shape index (κ2) is 7.17. The SMILES string of the molecule is O=C(Cn1cnc2scc(-c3ccc(F)cc3)c2c1=O)c1ccc(Br)cc1. The first-order valence-electron chi connectivity index (χ1n) is 8.04. The predicted molar refractivity (Wildman–Crippen MR) is 108 cm³/mol. The van der Waals surface area contributed by atoms with E-state index >= 15 is 0 Å². The lowest BCUT2D eigenvalue weighted by Gasteiger charge is -2.06. The van der Waals surface area contributed by atoms with E-state index in [4.69, 9.17) is 0 Å². The molecule has 134 valence electrons. The number of nitrogens with zero attached hydrogens (tertiary/aromatic N) is 2. The molecule has 4 aromatic rings. The number of thiophene rings is 1. The quantitative estimate of drug-likeness (QED) is 0.422. The molecule has 0 saturated heterocycles. The summed E-state index contributed by atoms with van der Waals surface area (Å²) in [4.78, 5) is 30.4. The van der Waals surface area contributed by atoms with E-state index in [1.165, 1.54) is 34.4 Å². The van der Waals surface area contributed by atoms with Gasteiger partial charge in [-0.15, -0.1) is 11.3 Å². The molecule has 2 aromatic heterocycles. The molecule has 4 rings (SSSR count). The summed E-state index contributed by atoms with van der Waals surface area (Å²) in [5, 5.41) is 2.27. The van der Waals surface area contributed by atoms with Gasteiger partial charge in [0.2, 0.25) is 0 Å². The average Bonchev–Trinajstić information content (AvgIpc) is 3.10. The van der Waals surface area contributed by atoms with Gasteiger partial charge < -0.3 is 0 Å². The van der Waals surface area contributed by atoms with Gasteiger partial charge in [0.25, 0.3) is 5.56 Å². The van der Waals surface area contributed by atoms with Gasteiger partial charge in [0.15, 0.2) is 5.78 Å². The summed E-state index contributed by atoms with van der Waals surface area (Å²) in [5.74, 6) is -0.516. The zero-order valence-electron chi connectivity index (χ0n) is 13.9. The van der Waals surface area contributed by atoms with Crippen molar-refractivity contribution in [2.24, 2.45) is 0 Å². The highest BCUT2D eigenvalue weighted by Gasteiger charge is 2.15. The highest BCUT2D eigenvalue weighted by Crippen LogP contribution is 2.30. The number of aromatic nitrogens is 2. The molecule has 0 N–H and O–H groups in total. The zero-order valence-corrected chi connectivity index (χ0v) is 16.3. The van der Waals surface area contributed by atoms with E-state index < -0.39 is 0 Å². The molecule has 2 aromatic carbocycles. The summed E-state index contributed by atoms with van der Waals surface area (Å²) in [6.45, 7) is -0.0951. The lowest BCUT2D eigenvalue weighted by atomic mass is 10.1. The molecule has 0 aliphatic rings. The minimum absolute atomic E-state index is 0.0951. The molecule has 0 aliphatic heterocycles. The van der Waals surface area contributed by atoms with Crippen LogP contribution in [0, 0.1) is 5.82 Å². The first kappa shape index (κ1) is 17.8. The lowest BCUT2D eigenvalue weighted by Crippen LogP contribution is -2.24. The van der Waals surface area contributed by atoms with E-state index in [-0.39, 0.29) is 23.7 Å². The Hall–Kier alpha value is -2.64. The van der Waals surface area contributed by atoms with Gasteiger partial charge in [-0.25, -0.2) is 9.37 Å². The predicted octanol–water partition coefficient (Wildman–Crippen LogP) is 4.91. The Morgan fingerprint density at radius 3 is 2.52 bits per heavy atom. The third kappa shape index (κ3) is 3.48. The molecule has 7 heteroatoms. The lowest BCUT2D eigenvalue weighted by molar-refractivity contribution is 0.0970. The molecule has 0 spiro atoms. The third-order valence-corrected chi connectivity index (χ3v) is 5.61. The number of hydrogen-bond donors (Lipinski definition) is 0. The number of carbonyl (C=O) groups excluding carboxylic acids is 1. The van der Waals surface area contributed by atoms with Crippen LogP contribution in [-0.2, 0) is 6.54 Å². The number of hydrogen-bond acceptors (Lipinski definition) is 4. The Bertz CT molecular complexity index is 1200. The van der Waals surface area contributed by atoms with E-state index in [0.29, 0.717) is 21.3 Å². The summed E-state index contributed by atoms with van der Waals surface area (Å²) in [6, 6.07) is 12.9. The van der Waals surface area contributed by atoms with E-state index in [2.05, 4.69) is 20.9 Å². The number of ketones is 1. The zero-order chi connectivity index (χ0) is 19.0. The van der Waals surface area contributed by atoms with Crippen LogP contribution in [0.3, 0.4) is 0 Å². The minimum Gasteiger partial charge on any atom is -0.292 e. The normalized spacial score (nSPS) is 11.0. The fraction of sp³-hybridized carbons (Fsp3) is 0.0500. The number of halogens is 2. The van der Waals surface area contributed by atoms with E-state index in [0.717, 1.165) is 10.0 Å². The van der Waals surface area contributed by atoms with Crippen molar-refractivity contribution in [3.05, 3.63) is 86.4 Å². The fourth-order valence-electron chi connectivity index (χ4n) is 2.80. The molecule has 4 nitrogen and oxygen atoms in total.